The average molecular weight is 289 g/mol. The number of benzene rings is 1. The first-order chi connectivity index (χ1) is 9.34. The molecule has 1 aliphatic rings. The van der Waals surface area contributed by atoms with Crippen molar-refractivity contribution < 1.29 is 27.8 Å². The van der Waals surface area contributed by atoms with E-state index in [-0.39, 0.29) is 17.9 Å². The van der Waals surface area contributed by atoms with Gasteiger partial charge in [-0.2, -0.15) is 0 Å². The third kappa shape index (κ3) is 3.41. The Labute approximate surface area is 113 Å². The summed E-state index contributed by atoms with van der Waals surface area (Å²) in [6.07, 6.45) is -2.43. The number of aliphatic hydroxyl groups excluding tert-OH is 1. The molecule has 0 bridgehead atoms. The third-order valence-electron chi connectivity index (χ3n) is 3.34. The van der Waals surface area contributed by atoms with E-state index in [1.165, 1.54) is 12.1 Å². The molecule has 1 aromatic carbocycles. The van der Waals surface area contributed by atoms with Gasteiger partial charge in [-0.3, -0.25) is 4.79 Å². The molecule has 20 heavy (non-hydrogen) atoms. The Morgan fingerprint density at radius 3 is 2.30 bits per heavy atom. The molecule has 1 fully saturated rings. The summed E-state index contributed by atoms with van der Waals surface area (Å²) in [6.45, 7) is -0.145. The van der Waals surface area contributed by atoms with Crippen molar-refractivity contribution in [1.29, 1.82) is 0 Å². The van der Waals surface area contributed by atoms with E-state index in [9.17, 15) is 23.1 Å². The molecule has 0 spiro atoms. The zero-order valence-electron chi connectivity index (χ0n) is 10.5. The number of nitrogens with one attached hydrogen (secondary N) is 1. The zero-order valence-corrected chi connectivity index (χ0v) is 10.5. The maximum atomic E-state index is 12.0. The van der Waals surface area contributed by atoms with Gasteiger partial charge < -0.3 is 15.2 Å². The molecule has 1 aliphatic carbocycles. The van der Waals surface area contributed by atoms with E-state index in [2.05, 4.69) is 10.1 Å². The molecule has 0 unspecified atom stereocenters. The van der Waals surface area contributed by atoms with Crippen LogP contribution >= 0.6 is 0 Å². The van der Waals surface area contributed by atoms with Gasteiger partial charge in [-0.15, -0.1) is 13.2 Å². The number of alkyl halides is 3. The summed E-state index contributed by atoms with van der Waals surface area (Å²) in [5.74, 6) is -0.799. The lowest BCUT2D eigenvalue weighted by molar-refractivity contribution is -0.274. The molecular formula is C13H14F3NO3. The number of carbonyl (C=O) groups is 1. The Bertz CT molecular complexity index is 475. The van der Waals surface area contributed by atoms with E-state index < -0.39 is 17.8 Å². The molecule has 0 heterocycles. The van der Waals surface area contributed by atoms with Gasteiger partial charge in [0, 0.05) is 5.56 Å². The molecule has 1 saturated carbocycles. The number of rotatable bonds is 4. The number of carbonyl (C=O) groups excluding carboxylic acids is 1. The summed E-state index contributed by atoms with van der Waals surface area (Å²) in [7, 11) is 0. The average Bonchev–Trinajstić information content (AvgIpc) is 2.32. The van der Waals surface area contributed by atoms with Crippen LogP contribution in [0.25, 0.3) is 0 Å². The topological polar surface area (TPSA) is 58.6 Å². The summed E-state index contributed by atoms with van der Waals surface area (Å²) in [6, 6.07) is 4.66. The van der Waals surface area contributed by atoms with Crippen LogP contribution in [-0.4, -0.2) is 29.5 Å². The molecule has 7 heteroatoms. The Morgan fingerprint density at radius 2 is 1.90 bits per heavy atom. The van der Waals surface area contributed by atoms with Gasteiger partial charge in [0.2, 0.25) is 0 Å². The second-order valence-electron chi connectivity index (χ2n) is 4.82. The number of aliphatic hydroxyl groups is 1. The van der Waals surface area contributed by atoms with Crippen molar-refractivity contribution in [3.05, 3.63) is 29.8 Å². The highest BCUT2D eigenvalue weighted by atomic mass is 19.4. The number of hydrogen-bond donors (Lipinski definition) is 2. The van der Waals surface area contributed by atoms with Crippen molar-refractivity contribution >= 4 is 5.91 Å². The minimum absolute atomic E-state index is 0.145. The SMILES string of the molecule is O=C(NC1(CO)CCC1)c1ccc(OC(F)(F)F)cc1. The summed E-state index contributed by atoms with van der Waals surface area (Å²) >= 11 is 0. The first-order valence-corrected chi connectivity index (χ1v) is 6.13. The van der Waals surface area contributed by atoms with Crippen LogP contribution in [0.4, 0.5) is 13.2 Å². The maximum absolute atomic E-state index is 12.0. The monoisotopic (exact) mass is 289 g/mol. The van der Waals surface area contributed by atoms with Crippen LogP contribution in [-0.2, 0) is 0 Å². The van der Waals surface area contributed by atoms with E-state index in [1.807, 2.05) is 0 Å². The number of hydrogen-bond acceptors (Lipinski definition) is 3. The Kier molecular flexibility index (Phi) is 3.89. The Hall–Kier alpha value is -1.76. The Morgan fingerprint density at radius 1 is 1.30 bits per heavy atom. The maximum Gasteiger partial charge on any atom is 0.573 e. The predicted octanol–water partition coefficient (Wildman–Crippen LogP) is 2.23. The van der Waals surface area contributed by atoms with Gasteiger partial charge in [-0.25, -0.2) is 0 Å². The second kappa shape index (κ2) is 5.32. The lowest BCUT2D eigenvalue weighted by atomic mass is 9.77. The van der Waals surface area contributed by atoms with Crippen LogP contribution in [0.3, 0.4) is 0 Å². The predicted molar refractivity (Wildman–Crippen MR) is 64.3 cm³/mol. The molecule has 0 atom stereocenters. The molecule has 4 nitrogen and oxygen atoms in total. The molecule has 0 aliphatic heterocycles. The van der Waals surface area contributed by atoms with Crippen LogP contribution < -0.4 is 10.1 Å². The van der Waals surface area contributed by atoms with E-state index in [0.29, 0.717) is 12.8 Å². The molecule has 0 radical (unpaired) electrons. The highest BCUT2D eigenvalue weighted by Crippen LogP contribution is 2.31. The molecule has 2 rings (SSSR count). The smallest absolute Gasteiger partial charge is 0.406 e. The fourth-order valence-corrected chi connectivity index (χ4v) is 2.05. The number of halogens is 3. The summed E-state index contributed by atoms with van der Waals surface area (Å²) in [5, 5.41) is 12.0. The van der Waals surface area contributed by atoms with Gasteiger partial charge in [0.15, 0.2) is 0 Å². The van der Waals surface area contributed by atoms with Gasteiger partial charge in [-0.1, -0.05) is 0 Å². The Balaban J connectivity index is 2.00. The largest absolute Gasteiger partial charge is 0.573 e. The van der Waals surface area contributed by atoms with Crippen molar-refractivity contribution in [2.75, 3.05) is 6.61 Å². The van der Waals surface area contributed by atoms with Crippen molar-refractivity contribution in [3.63, 3.8) is 0 Å². The van der Waals surface area contributed by atoms with Gasteiger partial charge >= 0.3 is 6.36 Å². The van der Waals surface area contributed by atoms with Crippen LogP contribution in [0.1, 0.15) is 29.6 Å². The summed E-state index contributed by atoms with van der Waals surface area (Å²) in [4.78, 5) is 11.9. The fraction of sp³-hybridized carbons (Fsp3) is 0.462. The van der Waals surface area contributed by atoms with Crippen LogP contribution in [0.2, 0.25) is 0 Å². The van der Waals surface area contributed by atoms with Crippen molar-refractivity contribution in [2.24, 2.45) is 0 Å². The number of ether oxygens (including phenoxy) is 1. The van der Waals surface area contributed by atoms with Gasteiger partial charge in [0.1, 0.15) is 5.75 Å². The quantitative estimate of drug-likeness (QED) is 0.893. The van der Waals surface area contributed by atoms with Crippen molar-refractivity contribution in [3.8, 4) is 5.75 Å². The van der Waals surface area contributed by atoms with Crippen molar-refractivity contribution in [1.82, 2.24) is 5.32 Å². The zero-order chi connectivity index (χ0) is 14.8. The highest BCUT2D eigenvalue weighted by Gasteiger charge is 2.38. The molecular weight excluding hydrogens is 275 g/mol. The van der Waals surface area contributed by atoms with Gasteiger partial charge in [0.25, 0.3) is 5.91 Å². The highest BCUT2D eigenvalue weighted by molar-refractivity contribution is 5.94. The van der Waals surface area contributed by atoms with Gasteiger partial charge in [-0.05, 0) is 43.5 Å². The normalized spacial score (nSPS) is 17.2. The lowest BCUT2D eigenvalue weighted by Gasteiger charge is -2.40. The van der Waals surface area contributed by atoms with Gasteiger partial charge in [0.05, 0.1) is 12.1 Å². The van der Waals surface area contributed by atoms with Crippen molar-refractivity contribution in [2.45, 2.75) is 31.2 Å². The van der Waals surface area contributed by atoms with Crippen LogP contribution in [0.15, 0.2) is 24.3 Å². The molecule has 2 N–H and O–H groups in total. The van der Waals surface area contributed by atoms with E-state index in [4.69, 9.17) is 0 Å². The summed E-state index contributed by atoms with van der Waals surface area (Å²) in [5.41, 5.74) is -0.364. The fourth-order valence-electron chi connectivity index (χ4n) is 2.05. The minimum atomic E-state index is -4.75. The minimum Gasteiger partial charge on any atom is -0.406 e. The molecule has 1 amide bonds. The second-order valence-corrected chi connectivity index (χ2v) is 4.82. The van der Waals surface area contributed by atoms with E-state index in [1.54, 1.807) is 0 Å². The first-order valence-electron chi connectivity index (χ1n) is 6.13. The molecule has 110 valence electrons. The first kappa shape index (κ1) is 14.6. The lowest BCUT2D eigenvalue weighted by Crippen LogP contribution is -2.56. The van der Waals surface area contributed by atoms with E-state index >= 15 is 0 Å². The molecule has 0 saturated heterocycles. The molecule has 0 aromatic heterocycles. The molecule has 1 aromatic rings. The summed E-state index contributed by atoms with van der Waals surface area (Å²) < 4.78 is 39.7. The van der Waals surface area contributed by atoms with Crippen LogP contribution in [0, 0.1) is 0 Å². The third-order valence-corrected chi connectivity index (χ3v) is 3.34. The van der Waals surface area contributed by atoms with Crippen LogP contribution in [0.5, 0.6) is 5.75 Å². The standard InChI is InChI=1S/C13H14F3NO3/c14-13(15,16)20-10-4-2-9(3-5-10)11(19)17-12(8-18)6-1-7-12/h2-5,18H,1,6-8H2,(H,17,19). The number of amides is 1. The van der Waals surface area contributed by atoms with E-state index in [0.717, 1.165) is 18.6 Å².